The van der Waals surface area contributed by atoms with Crippen LogP contribution < -0.4 is 31.1 Å². The molecular formula is C75H82BN3. The smallest absolute Gasteiger partial charge is 0.252 e. The Bertz CT molecular complexity index is 3720. The molecule has 2 unspecified atom stereocenters. The molecule has 1 fully saturated rings. The molecule has 2 atom stereocenters. The maximum Gasteiger partial charge on any atom is 0.252 e. The number of anilines is 8. The lowest BCUT2D eigenvalue weighted by molar-refractivity contribution is 0.195. The fourth-order valence-electron chi connectivity index (χ4n) is 15.1. The lowest BCUT2D eigenvalue weighted by Crippen LogP contribution is -2.64. The molecule has 5 aliphatic rings. The Balaban J connectivity index is 1.20. The highest BCUT2D eigenvalue weighted by molar-refractivity contribution is 7.00. The van der Waals surface area contributed by atoms with E-state index in [1.165, 1.54) is 120 Å². The summed E-state index contributed by atoms with van der Waals surface area (Å²) in [5.74, 6) is 0. The first-order valence-electron chi connectivity index (χ1n) is 29.7. The Morgan fingerprint density at radius 2 is 0.987 bits per heavy atom. The van der Waals surface area contributed by atoms with E-state index < -0.39 is 0 Å². The molecule has 0 radical (unpaired) electrons. The molecule has 8 aromatic rings. The lowest BCUT2D eigenvalue weighted by atomic mass is 9.33. The highest BCUT2D eigenvalue weighted by Gasteiger charge is 2.62. The van der Waals surface area contributed by atoms with Crippen LogP contribution in [0.4, 0.5) is 45.5 Å². The normalized spacial score (nSPS) is 19.6. The van der Waals surface area contributed by atoms with Gasteiger partial charge in [-0.3, -0.25) is 0 Å². The highest BCUT2D eigenvalue weighted by atomic mass is 15.3. The Morgan fingerprint density at radius 1 is 0.418 bits per heavy atom. The predicted octanol–water partition coefficient (Wildman–Crippen LogP) is 18.7. The first kappa shape index (κ1) is 51.6. The van der Waals surface area contributed by atoms with Crippen LogP contribution in [0.2, 0.25) is 0 Å². The van der Waals surface area contributed by atoms with Crippen LogP contribution in [-0.2, 0) is 32.5 Å². The summed E-state index contributed by atoms with van der Waals surface area (Å²) in [6.07, 6.45) is 4.75. The van der Waals surface area contributed by atoms with Crippen LogP contribution in [0.25, 0.3) is 22.3 Å². The van der Waals surface area contributed by atoms with Crippen molar-refractivity contribution in [2.45, 2.75) is 174 Å². The molecule has 8 aromatic carbocycles. The maximum atomic E-state index is 2.93. The summed E-state index contributed by atoms with van der Waals surface area (Å²) >= 11 is 0. The molecule has 2 aliphatic carbocycles. The van der Waals surface area contributed by atoms with Crippen LogP contribution >= 0.6 is 0 Å². The van der Waals surface area contributed by atoms with E-state index in [2.05, 4.69) is 283 Å². The molecule has 0 spiro atoms. The van der Waals surface area contributed by atoms with E-state index in [1.54, 1.807) is 5.56 Å². The van der Waals surface area contributed by atoms with Gasteiger partial charge >= 0.3 is 0 Å². The van der Waals surface area contributed by atoms with Gasteiger partial charge in [0.2, 0.25) is 0 Å². The van der Waals surface area contributed by atoms with Crippen LogP contribution in [0.5, 0.6) is 0 Å². The summed E-state index contributed by atoms with van der Waals surface area (Å²) < 4.78 is 0. The SMILES string of the molecule is CC(C)(C)c1ccc(N(c2ccc(C(C)(C)C)cc2)c2cc3c4c(c2)N2c5c(cc(C(C)(C)C)cc5C5(C)CCCCC25C)B4c2cc4c(cc2N3c2ccc(C(C)(C)C)cc2-c2ccccc2)-c2ccccc2C4(C)C)cc1. The topological polar surface area (TPSA) is 9.72 Å². The van der Waals surface area contributed by atoms with E-state index in [0.717, 1.165) is 23.5 Å². The molecule has 400 valence electrons. The van der Waals surface area contributed by atoms with Crippen molar-refractivity contribution < 1.29 is 0 Å². The van der Waals surface area contributed by atoms with E-state index in [0.29, 0.717) is 0 Å². The number of rotatable bonds is 5. The molecule has 0 N–H and O–H groups in total. The largest absolute Gasteiger partial charge is 0.335 e. The Hall–Kier alpha value is -6.78. The number of nitrogens with zero attached hydrogens (tertiary/aromatic N) is 3. The van der Waals surface area contributed by atoms with Gasteiger partial charge in [0.05, 0.1) is 16.9 Å². The van der Waals surface area contributed by atoms with E-state index >= 15 is 0 Å². The fourth-order valence-corrected chi connectivity index (χ4v) is 15.1. The number of fused-ring (bicyclic) bond motifs is 10. The third kappa shape index (κ3) is 7.65. The Morgan fingerprint density at radius 3 is 1.61 bits per heavy atom. The number of hydrogen-bond acceptors (Lipinski definition) is 3. The van der Waals surface area contributed by atoms with Crippen molar-refractivity contribution in [2.75, 3.05) is 14.7 Å². The van der Waals surface area contributed by atoms with Crippen molar-refractivity contribution in [3.05, 3.63) is 197 Å². The minimum atomic E-state index is -0.181. The minimum absolute atomic E-state index is 0.0152. The van der Waals surface area contributed by atoms with Gasteiger partial charge < -0.3 is 14.7 Å². The van der Waals surface area contributed by atoms with Crippen LogP contribution in [-0.4, -0.2) is 12.3 Å². The van der Waals surface area contributed by atoms with Gasteiger partial charge in [-0.2, -0.15) is 0 Å². The molecular weight excluding hydrogens is 954 g/mol. The number of benzene rings is 8. The first-order valence-corrected chi connectivity index (χ1v) is 29.7. The zero-order valence-electron chi connectivity index (χ0n) is 50.3. The average molecular weight is 1040 g/mol. The summed E-state index contributed by atoms with van der Waals surface area (Å²) in [6.45, 7) is 38.4. The van der Waals surface area contributed by atoms with E-state index in [9.17, 15) is 0 Å². The van der Waals surface area contributed by atoms with E-state index in [-0.39, 0.29) is 44.7 Å². The van der Waals surface area contributed by atoms with Gasteiger partial charge in [-0.25, -0.2) is 0 Å². The van der Waals surface area contributed by atoms with Gasteiger partial charge in [-0.1, -0.05) is 220 Å². The van der Waals surface area contributed by atoms with E-state index in [1.807, 2.05) is 0 Å². The van der Waals surface area contributed by atoms with Crippen LogP contribution in [0, 0.1) is 0 Å². The van der Waals surface area contributed by atoms with Crippen LogP contribution in [0.15, 0.2) is 158 Å². The van der Waals surface area contributed by atoms with Crippen molar-refractivity contribution in [1.29, 1.82) is 0 Å². The van der Waals surface area contributed by atoms with Gasteiger partial charge in [0, 0.05) is 50.5 Å². The molecule has 1 saturated carbocycles. The van der Waals surface area contributed by atoms with Gasteiger partial charge in [0.1, 0.15) is 0 Å². The van der Waals surface area contributed by atoms with Crippen LogP contribution in [0.3, 0.4) is 0 Å². The van der Waals surface area contributed by atoms with Crippen molar-refractivity contribution in [3.63, 3.8) is 0 Å². The third-order valence-corrected chi connectivity index (χ3v) is 20.0. The molecule has 4 heteroatoms. The molecule has 0 bridgehead atoms. The van der Waals surface area contributed by atoms with Crippen molar-refractivity contribution >= 4 is 68.6 Å². The number of hydrogen-bond donors (Lipinski definition) is 0. The van der Waals surface area contributed by atoms with Gasteiger partial charge in [0.25, 0.3) is 6.71 Å². The minimum Gasteiger partial charge on any atom is -0.335 e. The molecule has 3 aliphatic heterocycles. The van der Waals surface area contributed by atoms with E-state index in [4.69, 9.17) is 0 Å². The molecule has 3 nitrogen and oxygen atoms in total. The highest BCUT2D eigenvalue weighted by Crippen LogP contribution is 2.63. The summed E-state index contributed by atoms with van der Waals surface area (Å²) in [7, 11) is 0. The van der Waals surface area contributed by atoms with Crippen molar-refractivity contribution in [1.82, 2.24) is 0 Å². The average Bonchev–Trinajstić information content (AvgIpc) is 2.16. The molecule has 0 aromatic heterocycles. The standard InChI is InChI=1S/C75H82BN3/c1-69(2,3)48-28-33-52(34-29-48)77(53-35-30-49(31-36-53)70(4,5)6)54-43-65-67-66(44-54)79-68-60(74(15)38-22-23-39-75(74,79)16)41-51(72(10,11)12)42-62(68)76(67)61-46-59-57(55-26-20-21-27-58(55)73(59,13)14)45-64(61)78(65)63-37-32-50(71(7,8)9)40-56(63)47-24-18-17-19-25-47/h17-21,24-37,40-46H,22-23,38-39H2,1-16H3. The molecule has 13 rings (SSSR count). The quantitative estimate of drug-likeness (QED) is 0.159. The fraction of sp³-hybridized carbons (Fsp3) is 0.360. The molecule has 3 heterocycles. The summed E-state index contributed by atoms with van der Waals surface area (Å²) in [5.41, 5.74) is 28.7. The Kier molecular flexibility index (Phi) is 11.2. The summed E-state index contributed by atoms with van der Waals surface area (Å²) in [5, 5.41) is 0. The first-order chi connectivity index (χ1) is 37.2. The van der Waals surface area contributed by atoms with Gasteiger partial charge in [-0.15, -0.1) is 0 Å². The van der Waals surface area contributed by atoms with Gasteiger partial charge in [0.15, 0.2) is 0 Å². The summed E-state index contributed by atoms with van der Waals surface area (Å²) in [6, 6.07) is 62.6. The zero-order valence-corrected chi connectivity index (χ0v) is 50.3. The Labute approximate surface area is 474 Å². The van der Waals surface area contributed by atoms with Crippen molar-refractivity contribution in [2.24, 2.45) is 0 Å². The zero-order chi connectivity index (χ0) is 55.7. The second kappa shape index (κ2) is 17.1. The summed E-state index contributed by atoms with van der Waals surface area (Å²) in [4.78, 5) is 8.24. The van der Waals surface area contributed by atoms with Crippen molar-refractivity contribution in [3.8, 4) is 22.3 Å². The molecule has 0 saturated heterocycles. The lowest BCUT2D eigenvalue weighted by Gasteiger charge is -2.53. The van der Waals surface area contributed by atoms with Gasteiger partial charge in [-0.05, 0) is 168 Å². The molecule has 0 amide bonds. The predicted molar refractivity (Wildman–Crippen MR) is 341 cm³/mol. The molecule has 79 heavy (non-hydrogen) atoms. The third-order valence-electron chi connectivity index (χ3n) is 20.0. The second-order valence-corrected chi connectivity index (χ2v) is 29.4. The second-order valence-electron chi connectivity index (χ2n) is 29.4. The monoisotopic (exact) mass is 1040 g/mol. The maximum absolute atomic E-state index is 2.93. The van der Waals surface area contributed by atoms with Crippen LogP contribution in [0.1, 0.15) is 175 Å².